The number of halogens is 2. The van der Waals surface area contributed by atoms with E-state index in [0.717, 1.165) is 15.7 Å². The van der Waals surface area contributed by atoms with Gasteiger partial charge in [0.05, 0.1) is 5.02 Å². The van der Waals surface area contributed by atoms with Gasteiger partial charge in [-0.25, -0.2) is 0 Å². The second kappa shape index (κ2) is 5.80. The van der Waals surface area contributed by atoms with Crippen LogP contribution >= 0.6 is 27.5 Å². The molecule has 1 N–H and O–H groups in total. The zero-order chi connectivity index (χ0) is 14.0. The Labute approximate surface area is 125 Å². The fraction of sp³-hybridized carbons (Fsp3) is 0.214. The average Bonchev–Trinajstić information content (AvgIpc) is 2.75. The molecular weight excluding hydrogens is 328 g/mol. The fourth-order valence-electron chi connectivity index (χ4n) is 1.79. The first-order valence-electron chi connectivity index (χ1n) is 5.94. The second-order valence-corrected chi connectivity index (χ2v) is 5.54. The van der Waals surface area contributed by atoms with Crippen molar-refractivity contribution in [3.05, 3.63) is 51.2 Å². The summed E-state index contributed by atoms with van der Waals surface area (Å²) < 4.78 is 2.79. The highest BCUT2D eigenvalue weighted by Crippen LogP contribution is 2.22. The molecule has 1 aromatic carbocycles. The molecule has 0 saturated heterocycles. The highest BCUT2D eigenvalue weighted by Gasteiger charge is 2.12. The molecule has 0 saturated carbocycles. The van der Waals surface area contributed by atoms with Crippen LogP contribution in [0.5, 0.6) is 0 Å². The van der Waals surface area contributed by atoms with Gasteiger partial charge in [-0.3, -0.25) is 4.79 Å². The van der Waals surface area contributed by atoms with E-state index in [9.17, 15) is 4.79 Å². The topological polar surface area (TPSA) is 34.0 Å². The van der Waals surface area contributed by atoms with Crippen LogP contribution in [0.25, 0.3) is 0 Å². The van der Waals surface area contributed by atoms with Crippen LogP contribution in [0.15, 0.2) is 34.9 Å². The Kier molecular flexibility index (Phi) is 4.32. The number of anilines is 1. The van der Waals surface area contributed by atoms with Crippen molar-refractivity contribution < 1.29 is 4.79 Å². The smallest absolute Gasteiger partial charge is 0.272 e. The molecule has 0 aliphatic carbocycles. The molecule has 0 aliphatic heterocycles. The van der Waals surface area contributed by atoms with Gasteiger partial charge in [0.25, 0.3) is 5.91 Å². The number of aromatic nitrogens is 1. The molecule has 0 unspecified atom stereocenters. The maximum Gasteiger partial charge on any atom is 0.272 e. The Morgan fingerprint density at radius 1 is 1.42 bits per heavy atom. The van der Waals surface area contributed by atoms with Crippen molar-refractivity contribution in [3.8, 4) is 0 Å². The maximum atomic E-state index is 12.2. The molecule has 100 valence electrons. The van der Waals surface area contributed by atoms with E-state index in [2.05, 4.69) is 21.2 Å². The number of nitrogens with one attached hydrogen (secondary N) is 1. The van der Waals surface area contributed by atoms with Gasteiger partial charge in [-0.05, 0) is 37.6 Å². The summed E-state index contributed by atoms with van der Waals surface area (Å²) in [4.78, 5) is 12.2. The number of rotatable bonds is 3. The van der Waals surface area contributed by atoms with Gasteiger partial charge in [0.1, 0.15) is 5.69 Å². The van der Waals surface area contributed by atoms with E-state index >= 15 is 0 Å². The summed E-state index contributed by atoms with van der Waals surface area (Å²) in [6, 6.07) is 7.38. The second-order valence-electron chi connectivity index (χ2n) is 4.25. The molecular formula is C14H14BrClN2O. The molecule has 0 bridgehead atoms. The largest absolute Gasteiger partial charge is 0.342 e. The number of amides is 1. The van der Waals surface area contributed by atoms with Gasteiger partial charge in [0, 0.05) is 22.9 Å². The quantitative estimate of drug-likeness (QED) is 0.877. The minimum absolute atomic E-state index is 0.162. The molecule has 0 radical (unpaired) electrons. The molecule has 1 heterocycles. The zero-order valence-corrected chi connectivity index (χ0v) is 13.0. The van der Waals surface area contributed by atoms with Crippen LogP contribution in [0.4, 0.5) is 5.69 Å². The van der Waals surface area contributed by atoms with Crippen molar-refractivity contribution >= 4 is 39.1 Å². The van der Waals surface area contributed by atoms with Crippen LogP contribution in [-0.2, 0) is 6.54 Å². The number of benzene rings is 1. The van der Waals surface area contributed by atoms with Crippen molar-refractivity contribution in [1.29, 1.82) is 0 Å². The molecule has 19 heavy (non-hydrogen) atoms. The summed E-state index contributed by atoms with van der Waals surface area (Å²) in [7, 11) is 0. The first kappa shape index (κ1) is 14.2. The molecule has 5 heteroatoms. The molecule has 0 fully saturated rings. The number of carbonyl (C=O) groups excluding carboxylic acids is 1. The Balaban J connectivity index is 2.22. The summed E-state index contributed by atoms with van der Waals surface area (Å²) in [6.45, 7) is 4.67. The summed E-state index contributed by atoms with van der Waals surface area (Å²) >= 11 is 9.38. The van der Waals surface area contributed by atoms with Gasteiger partial charge in [-0.2, -0.15) is 0 Å². The van der Waals surface area contributed by atoms with Crippen LogP contribution in [0.1, 0.15) is 23.0 Å². The molecule has 2 aromatic rings. The van der Waals surface area contributed by atoms with E-state index in [-0.39, 0.29) is 5.91 Å². The highest BCUT2D eigenvalue weighted by molar-refractivity contribution is 9.10. The molecule has 3 nitrogen and oxygen atoms in total. The van der Waals surface area contributed by atoms with Gasteiger partial charge in [-0.15, -0.1) is 0 Å². The maximum absolute atomic E-state index is 12.2. The third-order valence-corrected chi connectivity index (χ3v) is 3.93. The van der Waals surface area contributed by atoms with Crippen molar-refractivity contribution in [2.45, 2.75) is 20.4 Å². The summed E-state index contributed by atoms with van der Waals surface area (Å²) in [5.41, 5.74) is 2.43. The number of hydrogen-bond donors (Lipinski definition) is 1. The van der Waals surface area contributed by atoms with Gasteiger partial charge >= 0.3 is 0 Å². The molecule has 0 aliphatic rings. The monoisotopic (exact) mass is 340 g/mol. The zero-order valence-electron chi connectivity index (χ0n) is 10.7. The molecule has 1 aromatic heterocycles. The lowest BCUT2D eigenvalue weighted by atomic mass is 10.2. The Hall–Kier alpha value is -1.26. The van der Waals surface area contributed by atoms with Crippen molar-refractivity contribution in [2.24, 2.45) is 0 Å². The lowest BCUT2D eigenvalue weighted by Gasteiger charge is -2.08. The first-order chi connectivity index (χ1) is 9.01. The van der Waals surface area contributed by atoms with Crippen molar-refractivity contribution in [3.63, 3.8) is 0 Å². The van der Waals surface area contributed by atoms with Crippen molar-refractivity contribution in [1.82, 2.24) is 4.57 Å². The van der Waals surface area contributed by atoms with Crippen molar-refractivity contribution in [2.75, 3.05) is 5.32 Å². The molecule has 1 amide bonds. The number of hydrogen-bond acceptors (Lipinski definition) is 1. The van der Waals surface area contributed by atoms with Crippen LogP contribution < -0.4 is 5.32 Å². The number of nitrogens with zero attached hydrogens (tertiary/aromatic N) is 1. The third kappa shape index (κ3) is 3.19. The van der Waals surface area contributed by atoms with Gasteiger partial charge < -0.3 is 9.88 Å². The molecule has 0 atom stereocenters. The van der Waals surface area contributed by atoms with Crippen LogP contribution in [0, 0.1) is 6.92 Å². The van der Waals surface area contributed by atoms with E-state index in [1.807, 2.05) is 36.6 Å². The van der Waals surface area contributed by atoms with Gasteiger partial charge in [0.2, 0.25) is 0 Å². The third-order valence-electron chi connectivity index (χ3n) is 2.87. The van der Waals surface area contributed by atoms with Gasteiger partial charge in [0.15, 0.2) is 0 Å². The number of aryl methyl sites for hydroxylation is 2. The minimum Gasteiger partial charge on any atom is -0.342 e. The minimum atomic E-state index is -0.162. The summed E-state index contributed by atoms with van der Waals surface area (Å²) in [5.74, 6) is -0.162. The van der Waals surface area contributed by atoms with E-state index < -0.39 is 0 Å². The predicted octanol–water partition coefficient (Wildman–Crippen LogP) is 4.48. The lowest BCUT2D eigenvalue weighted by molar-refractivity contribution is 0.101. The number of carbonyl (C=O) groups is 1. The molecule has 2 rings (SSSR count). The molecule has 0 spiro atoms. The van der Waals surface area contributed by atoms with E-state index in [1.54, 1.807) is 12.3 Å². The van der Waals surface area contributed by atoms with Gasteiger partial charge in [-0.1, -0.05) is 33.6 Å². The standard InChI is InChI=1S/C14H14BrClN2O/c1-3-18-8-10(16)6-13(18)14(19)17-11-5-4-9(2)12(15)7-11/h4-8H,3H2,1-2H3,(H,17,19). The normalized spacial score (nSPS) is 10.5. The predicted molar refractivity (Wildman–Crippen MR) is 81.9 cm³/mol. The highest BCUT2D eigenvalue weighted by atomic mass is 79.9. The Morgan fingerprint density at radius 3 is 2.79 bits per heavy atom. The average molecular weight is 342 g/mol. The Bertz CT molecular complexity index is 622. The summed E-state index contributed by atoms with van der Waals surface area (Å²) in [5, 5.41) is 3.43. The SMILES string of the molecule is CCn1cc(Cl)cc1C(=O)Nc1ccc(C)c(Br)c1. The van der Waals surface area contributed by atoms with E-state index in [1.165, 1.54) is 0 Å². The van der Waals surface area contributed by atoms with Crippen LogP contribution in [0.2, 0.25) is 5.02 Å². The fourth-order valence-corrected chi connectivity index (χ4v) is 2.39. The first-order valence-corrected chi connectivity index (χ1v) is 7.11. The van der Waals surface area contributed by atoms with E-state index in [4.69, 9.17) is 11.6 Å². The Morgan fingerprint density at radius 2 is 2.16 bits per heavy atom. The van der Waals surface area contributed by atoms with Crippen LogP contribution in [-0.4, -0.2) is 10.5 Å². The summed E-state index contributed by atoms with van der Waals surface area (Å²) in [6.07, 6.45) is 1.75. The lowest BCUT2D eigenvalue weighted by Crippen LogP contribution is -2.16. The van der Waals surface area contributed by atoms with E-state index in [0.29, 0.717) is 17.3 Å². The van der Waals surface area contributed by atoms with Crippen LogP contribution in [0.3, 0.4) is 0 Å².